The molecule has 2 amide bonds. The average Bonchev–Trinajstić information content (AvgIpc) is 3.02. The Bertz CT molecular complexity index is 1260. The summed E-state index contributed by atoms with van der Waals surface area (Å²) in [6.07, 6.45) is 0. The molecule has 2 aromatic heterocycles. The lowest BCUT2D eigenvalue weighted by atomic mass is 9.98. The van der Waals surface area contributed by atoms with Crippen LogP contribution >= 0.6 is 0 Å². The molecule has 1 aliphatic rings. The van der Waals surface area contributed by atoms with E-state index < -0.39 is 5.54 Å². The quantitative estimate of drug-likeness (QED) is 0.638. The molecule has 3 heterocycles. The molecule has 1 aromatic carbocycles. The molecule has 1 fully saturated rings. The van der Waals surface area contributed by atoms with Gasteiger partial charge in [0.15, 0.2) is 0 Å². The number of halogens is 1. The van der Waals surface area contributed by atoms with Gasteiger partial charge >= 0.3 is 0 Å². The van der Waals surface area contributed by atoms with Gasteiger partial charge in [0.1, 0.15) is 22.7 Å². The van der Waals surface area contributed by atoms with Crippen LogP contribution in [0.3, 0.4) is 0 Å². The fourth-order valence-corrected chi connectivity index (χ4v) is 4.55. The van der Waals surface area contributed by atoms with E-state index in [1.807, 2.05) is 19.1 Å². The number of carbonyl (C=O) groups is 2. The maximum atomic E-state index is 14.4. The van der Waals surface area contributed by atoms with Crippen LogP contribution in [0, 0.1) is 25.6 Å². The van der Waals surface area contributed by atoms with Gasteiger partial charge in [-0.3, -0.25) is 9.59 Å². The number of nitrogens with one attached hydrogen (secondary N) is 1. The first-order chi connectivity index (χ1) is 15.5. The fraction of sp³-hybridized carbons (Fsp3) is 0.423. The van der Waals surface area contributed by atoms with Crippen molar-refractivity contribution in [3.05, 3.63) is 53.1 Å². The Morgan fingerprint density at radius 3 is 2.61 bits per heavy atom. The second-order valence-electron chi connectivity index (χ2n) is 9.77. The van der Waals surface area contributed by atoms with E-state index in [4.69, 9.17) is 4.98 Å². The summed E-state index contributed by atoms with van der Waals surface area (Å²) in [7, 11) is 0. The Labute approximate surface area is 193 Å². The number of piperazine rings is 1. The summed E-state index contributed by atoms with van der Waals surface area (Å²) in [5.41, 5.74) is 3.34. The predicted octanol–water partition coefficient (Wildman–Crippen LogP) is 4.47. The summed E-state index contributed by atoms with van der Waals surface area (Å²) in [6.45, 7) is 13.1. The number of aromatic nitrogens is 2. The van der Waals surface area contributed by atoms with E-state index in [1.54, 1.807) is 43.9 Å². The van der Waals surface area contributed by atoms with Crippen molar-refractivity contribution in [2.45, 2.75) is 53.6 Å². The van der Waals surface area contributed by atoms with Crippen LogP contribution in [-0.2, 0) is 11.3 Å². The second-order valence-corrected chi connectivity index (χ2v) is 9.77. The van der Waals surface area contributed by atoms with Crippen LogP contribution in [0.25, 0.3) is 22.2 Å². The highest BCUT2D eigenvalue weighted by atomic mass is 19.1. The lowest BCUT2D eigenvalue weighted by Gasteiger charge is -2.40. The largest absolute Gasteiger partial charge is 0.352 e. The summed E-state index contributed by atoms with van der Waals surface area (Å²) < 4.78 is 16.5. The first kappa shape index (κ1) is 23.0. The Kier molecular flexibility index (Phi) is 5.76. The van der Waals surface area contributed by atoms with E-state index >= 15 is 0 Å². The van der Waals surface area contributed by atoms with Crippen LogP contribution in [0.4, 0.5) is 4.39 Å². The number of carbonyl (C=O) groups excluding carboxylic acids is 2. The number of pyridine rings is 1. The molecule has 0 unspecified atom stereocenters. The second kappa shape index (κ2) is 8.28. The fourth-order valence-electron chi connectivity index (χ4n) is 4.55. The van der Waals surface area contributed by atoms with Gasteiger partial charge in [-0.15, -0.1) is 0 Å². The van der Waals surface area contributed by atoms with Gasteiger partial charge in [0, 0.05) is 36.3 Å². The van der Waals surface area contributed by atoms with E-state index in [9.17, 15) is 14.0 Å². The molecule has 33 heavy (non-hydrogen) atoms. The lowest BCUT2D eigenvalue weighted by molar-refractivity contribution is -0.133. The lowest BCUT2D eigenvalue weighted by Crippen LogP contribution is -2.63. The number of fused-ring (bicyclic) bond motifs is 1. The van der Waals surface area contributed by atoms with Crippen LogP contribution < -0.4 is 5.32 Å². The summed E-state index contributed by atoms with van der Waals surface area (Å²) >= 11 is 0. The monoisotopic (exact) mass is 450 g/mol. The number of benzene rings is 1. The highest BCUT2D eigenvalue weighted by Crippen LogP contribution is 2.35. The molecule has 1 N–H and O–H groups in total. The van der Waals surface area contributed by atoms with Crippen molar-refractivity contribution in [2.24, 2.45) is 5.92 Å². The van der Waals surface area contributed by atoms with Crippen LogP contribution in [0.15, 0.2) is 30.3 Å². The molecule has 0 bridgehead atoms. The molecule has 0 saturated carbocycles. The summed E-state index contributed by atoms with van der Waals surface area (Å²) in [6, 6.07) is 8.87. The van der Waals surface area contributed by atoms with E-state index in [1.165, 1.54) is 0 Å². The molecule has 0 atom stereocenters. The first-order valence-electron chi connectivity index (χ1n) is 11.4. The van der Waals surface area contributed by atoms with Gasteiger partial charge in [-0.25, -0.2) is 9.37 Å². The normalized spacial score (nSPS) is 15.9. The van der Waals surface area contributed by atoms with Gasteiger partial charge in [-0.2, -0.15) is 0 Å². The van der Waals surface area contributed by atoms with Crippen LogP contribution in [0.2, 0.25) is 0 Å². The van der Waals surface area contributed by atoms with Crippen molar-refractivity contribution in [3.63, 3.8) is 0 Å². The van der Waals surface area contributed by atoms with E-state index in [-0.39, 0.29) is 17.6 Å². The maximum Gasteiger partial charge on any atom is 0.273 e. The molecule has 0 radical (unpaired) electrons. The topological polar surface area (TPSA) is 67.2 Å². The van der Waals surface area contributed by atoms with E-state index in [0.717, 1.165) is 28.8 Å². The molecule has 1 saturated heterocycles. The van der Waals surface area contributed by atoms with Gasteiger partial charge in [0.25, 0.3) is 5.91 Å². The summed E-state index contributed by atoms with van der Waals surface area (Å²) in [5, 5.41) is 3.70. The Morgan fingerprint density at radius 2 is 1.94 bits per heavy atom. The summed E-state index contributed by atoms with van der Waals surface area (Å²) in [4.78, 5) is 32.1. The van der Waals surface area contributed by atoms with Crippen molar-refractivity contribution < 1.29 is 14.0 Å². The third-order valence-corrected chi connectivity index (χ3v) is 6.49. The molecule has 0 aliphatic carbocycles. The molecule has 174 valence electrons. The van der Waals surface area contributed by atoms with Crippen molar-refractivity contribution in [1.82, 2.24) is 19.8 Å². The molecule has 3 aromatic rings. The minimum Gasteiger partial charge on any atom is -0.352 e. The molecular formula is C26H31FN4O2. The van der Waals surface area contributed by atoms with Crippen molar-refractivity contribution in [2.75, 3.05) is 13.1 Å². The highest BCUT2D eigenvalue weighted by molar-refractivity contribution is 6.02. The predicted molar refractivity (Wildman–Crippen MR) is 128 cm³/mol. The minimum absolute atomic E-state index is 0.175. The zero-order valence-electron chi connectivity index (χ0n) is 20.1. The Balaban J connectivity index is 1.87. The minimum atomic E-state index is -0.952. The van der Waals surface area contributed by atoms with E-state index in [2.05, 4.69) is 23.7 Å². The molecular weight excluding hydrogens is 419 g/mol. The van der Waals surface area contributed by atoms with Crippen LogP contribution in [0.1, 0.15) is 49.4 Å². The number of nitrogens with zero attached hydrogens (tertiary/aromatic N) is 3. The van der Waals surface area contributed by atoms with Crippen molar-refractivity contribution in [3.8, 4) is 11.1 Å². The van der Waals surface area contributed by atoms with Gasteiger partial charge in [0.2, 0.25) is 5.91 Å². The van der Waals surface area contributed by atoms with Gasteiger partial charge in [-0.1, -0.05) is 26.0 Å². The molecule has 6 nitrogen and oxygen atoms in total. The van der Waals surface area contributed by atoms with Gasteiger partial charge in [-0.05, 0) is 62.9 Å². The summed E-state index contributed by atoms with van der Waals surface area (Å²) in [5.74, 6) is -0.338. The zero-order chi connectivity index (χ0) is 24.1. The van der Waals surface area contributed by atoms with E-state index in [0.29, 0.717) is 35.9 Å². The number of amides is 2. The zero-order valence-corrected chi connectivity index (χ0v) is 20.1. The van der Waals surface area contributed by atoms with Gasteiger partial charge in [0.05, 0.1) is 0 Å². The number of aryl methyl sites for hydroxylation is 1. The number of rotatable bonds is 4. The first-order valence-corrected chi connectivity index (χ1v) is 11.4. The SMILES string of the molecule is Cc1ccc(-c2c(C)n(CC(C)C)c3nc(C(=O)N4CCNC(=O)C4(C)C)ccc23)cc1F. The van der Waals surface area contributed by atoms with Crippen molar-refractivity contribution >= 4 is 22.8 Å². The third-order valence-electron chi connectivity index (χ3n) is 6.49. The highest BCUT2D eigenvalue weighted by Gasteiger charge is 2.41. The van der Waals surface area contributed by atoms with Crippen LogP contribution in [0.5, 0.6) is 0 Å². The molecule has 0 spiro atoms. The third kappa shape index (κ3) is 3.90. The smallest absolute Gasteiger partial charge is 0.273 e. The standard InChI is InChI=1S/C26H31FN4O2/c1-15(2)14-30-17(4)22(18-8-7-16(3)20(27)13-18)19-9-10-21(29-23(19)30)24(32)31-12-11-28-25(33)26(31,5)6/h7-10,13,15H,11-12,14H2,1-6H3,(H,28,33). The molecule has 7 heteroatoms. The average molecular weight is 451 g/mol. The Morgan fingerprint density at radius 1 is 1.21 bits per heavy atom. The van der Waals surface area contributed by atoms with Crippen molar-refractivity contribution in [1.29, 1.82) is 0 Å². The number of hydrogen-bond donors (Lipinski definition) is 1. The Hall–Kier alpha value is -3.22. The molecule has 1 aliphatic heterocycles. The van der Waals surface area contributed by atoms with Gasteiger partial charge < -0.3 is 14.8 Å². The van der Waals surface area contributed by atoms with Crippen LogP contribution in [-0.4, -0.2) is 44.9 Å². The maximum absolute atomic E-state index is 14.4. The molecule has 4 rings (SSSR count). The number of hydrogen-bond acceptors (Lipinski definition) is 3.